The molecule has 1 aliphatic heterocycles. The Bertz CT molecular complexity index is 925. The lowest BCUT2D eigenvalue weighted by atomic mass is 9.80. The average Bonchev–Trinajstić information content (AvgIpc) is 3.09. The molecule has 146 valence electrons. The fraction of sp³-hybridized carbons (Fsp3) is 0.333. The minimum Gasteiger partial charge on any atom is -0.525 e. The Morgan fingerprint density at radius 2 is 1.82 bits per heavy atom. The number of fused-ring (bicyclic) bond motifs is 1. The van der Waals surface area contributed by atoms with Gasteiger partial charge in [0.1, 0.15) is 0 Å². The molecule has 1 aliphatic rings. The molecule has 1 N–H and O–H groups in total. The van der Waals surface area contributed by atoms with E-state index in [1.807, 2.05) is 36.4 Å². The molecule has 0 spiro atoms. The van der Waals surface area contributed by atoms with Crippen molar-refractivity contribution >= 4 is 34.0 Å². The second-order valence-electron chi connectivity index (χ2n) is 7.27. The first-order valence-corrected chi connectivity index (χ1v) is 10.3. The number of hydrogen-bond donors (Lipinski definition) is 1. The van der Waals surface area contributed by atoms with Crippen molar-refractivity contribution in [1.29, 1.82) is 0 Å². The van der Waals surface area contributed by atoms with Gasteiger partial charge >= 0.3 is 7.12 Å². The molecule has 3 aromatic rings. The molecule has 0 bridgehead atoms. The van der Waals surface area contributed by atoms with E-state index in [0.717, 1.165) is 23.1 Å². The molecule has 28 heavy (non-hydrogen) atoms. The van der Waals surface area contributed by atoms with Gasteiger partial charge in [-0.3, -0.25) is 0 Å². The topological polar surface area (TPSA) is 32.7 Å². The highest BCUT2D eigenvalue weighted by atomic mass is 32.1. The predicted molar refractivity (Wildman–Crippen MR) is 111 cm³/mol. The zero-order valence-corrected chi connectivity index (χ0v) is 16.3. The lowest BCUT2D eigenvalue weighted by Gasteiger charge is -2.31. The molecule has 0 unspecified atom stereocenters. The molecule has 0 aliphatic carbocycles. The van der Waals surface area contributed by atoms with Gasteiger partial charge in [0, 0.05) is 37.2 Å². The summed E-state index contributed by atoms with van der Waals surface area (Å²) in [5, 5.41) is 12.0. The zero-order valence-electron chi connectivity index (χ0n) is 15.5. The van der Waals surface area contributed by atoms with E-state index in [2.05, 4.69) is 23.1 Å². The molecule has 3 nitrogen and oxygen atoms in total. The van der Waals surface area contributed by atoms with Gasteiger partial charge in [-0.15, -0.1) is 11.3 Å². The summed E-state index contributed by atoms with van der Waals surface area (Å²) in [4.78, 5) is 2.11. The van der Waals surface area contributed by atoms with Crippen LogP contribution in [0.15, 0.2) is 54.6 Å². The van der Waals surface area contributed by atoms with Crippen LogP contribution in [0, 0.1) is 0 Å². The Morgan fingerprint density at radius 3 is 2.57 bits per heavy atom. The van der Waals surface area contributed by atoms with Gasteiger partial charge in [0.25, 0.3) is 5.92 Å². The number of hydrogen-bond acceptors (Lipinski definition) is 4. The molecule has 7 heteroatoms. The maximum Gasteiger partial charge on any atom is 0.560 e. The highest BCUT2D eigenvalue weighted by molar-refractivity contribution is 7.21. The molecule has 0 amide bonds. The number of thiophene rings is 1. The van der Waals surface area contributed by atoms with Gasteiger partial charge in [-0.2, -0.15) is 0 Å². The Morgan fingerprint density at radius 1 is 1.07 bits per heavy atom. The quantitative estimate of drug-likeness (QED) is 0.636. The lowest BCUT2D eigenvalue weighted by Crippen LogP contribution is -2.40. The van der Waals surface area contributed by atoms with Crippen LogP contribution in [0.5, 0.6) is 5.06 Å². The van der Waals surface area contributed by atoms with E-state index in [-0.39, 0.29) is 12.8 Å². The largest absolute Gasteiger partial charge is 0.560 e. The number of likely N-dealkylation sites (tertiary alicyclic amines) is 1. The monoisotopic (exact) mass is 401 g/mol. The van der Waals surface area contributed by atoms with E-state index in [1.165, 1.54) is 16.9 Å². The van der Waals surface area contributed by atoms with Crippen molar-refractivity contribution in [3.63, 3.8) is 0 Å². The van der Waals surface area contributed by atoms with Gasteiger partial charge in [-0.05, 0) is 35.0 Å². The maximum atomic E-state index is 13.3. The van der Waals surface area contributed by atoms with Gasteiger partial charge in [0.2, 0.25) is 0 Å². The second kappa shape index (κ2) is 8.19. The van der Waals surface area contributed by atoms with Crippen molar-refractivity contribution in [2.45, 2.75) is 25.2 Å². The fourth-order valence-electron chi connectivity index (χ4n) is 3.47. The number of halogens is 2. The number of rotatable bonds is 6. The molecule has 2 aromatic carbocycles. The van der Waals surface area contributed by atoms with Crippen LogP contribution in [0.1, 0.15) is 18.4 Å². The number of alkyl halides is 2. The van der Waals surface area contributed by atoms with Crippen molar-refractivity contribution in [3.8, 4) is 5.06 Å². The summed E-state index contributed by atoms with van der Waals surface area (Å²) in [7, 11) is -0.994. The smallest absolute Gasteiger partial charge is 0.525 e. The van der Waals surface area contributed by atoms with Crippen molar-refractivity contribution in [3.05, 3.63) is 60.2 Å². The van der Waals surface area contributed by atoms with E-state index < -0.39 is 13.0 Å². The van der Waals surface area contributed by atoms with Gasteiger partial charge in [0.15, 0.2) is 5.06 Å². The summed E-state index contributed by atoms with van der Waals surface area (Å²) in [6, 6.07) is 17.5. The van der Waals surface area contributed by atoms with Crippen LogP contribution >= 0.6 is 11.3 Å². The first-order valence-electron chi connectivity index (χ1n) is 9.51. The number of piperidine rings is 1. The molecular formula is C21H22BF2NO2S. The summed E-state index contributed by atoms with van der Waals surface area (Å²) in [5.41, 5.74) is 1.89. The van der Waals surface area contributed by atoms with Crippen LogP contribution in [-0.4, -0.2) is 42.6 Å². The average molecular weight is 401 g/mol. The standard InChI is InChI=1S/C21H22BF2NO2S/c23-21(24)9-12-25(13-10-21)11-8-16-6-7-19-17(14-16)15-20(28-19)27-22(26)18-4-2-1-3-5-18/h1-7,14-15,26H,8-13H2. The van der Waals surface area contributed by atoms with Crippen LogP contribution in [0.4, 0.5) is 8.78 Å². The Kier molecular flexibility index (Phi) is 5.67. The third-order valence-corrected chi connectivity index (χ3v) is 6.18. The van der Waals surface area contributed by atoms with Crippen LogP contribution in [0.3, 0.4) is 0 Å². The molecule has 1 aromatic heterocycles. The Balaban J connectivity index is 1.38. The summed E-state index contributed by atoms with van der Waals surface area (Å²) >= 11 is 1.50. The molecule has 1 fully saturated rings. The van der Waals surface area contributed by atoms with Gasteiger partial charge in [0.05, 0.1) is 0 Å². The van der Waals surface area contributed by atoms with Crippen molar-refractivity contribution in [2.75, 3.05) is 19.6 Å². The van der Waals surface area contributed by atoms with Gasteiger partial charge in [-0.1, -0.05) is 42.5 Å². The molecule has 0 saturated carbocycles. The van der Waals surface area contributed by atoms with Gasteiger partial charge < -0.3 is 14.6 Å². The van der Waals surface area contributed by atoms with Crippen molar-refractivity contribution in [2.24, 2.45) is 0 Å². The minimum absolute atomic E-state index is 0.0407. The van der Waals surface area contributed by atoms with E-state index >= 15 is 0 Å². The molecule has 1 saturated heterocycles. The van der Waals surface area contributed by atoms with Gasteiger partial charge in [-0.25, -0.2) is 8.78 Å². The Hall–Kier alpha value is -1.96. The van der Waals surface area contributed by atoms with E-state index in [4.69, 9.17) is 4.65 Å². The van der Waals surface area contributed by atoms with Crippen LogP contribution in [0.25, 0.3) is 10.1 Å². The molecule has 0 radical (unpaired) electrons. The van der Waals surface area contributed by atoms with Crippen molar-refractivity contribution < 1.29 is 18.5 Å². The summed E-state index contributed by atoms with van der Waals surface area (Å²) < 4.78 is 33.3. The summed E-state index contributed by atoms with van der Waals surface area (Å²) in [6.07, 6.45) is 0.752. The molecular weight excluding hydrogens is 379 g/mol. The lowest BCUT2D eigenvalue weighted by molar-refractivity contribution is -0.0548. The molecule has 0 atom stereocenters. The third-order valence-electron chi connectivity index (χ3n) is 5.17. The number of benzene rings is 2. The summed E-state index contributed by atoms with van der Waals surface area (Å²) in [6.45, 7) is 1.72. The molecule has 2 heterocycles. The third kappa shape index (κ3) is 4.71. The zero-order chi connectivity index (χ0) is 19.6. The van der Waals surface area contributed by atoms with Crippen LogP contribution in [0.2, 0.25) is 0 Å². The SMILES string of the molecule is OB(Oc1cc2cc(CCN3CCC(F)(F)CC3)ccc2s1)c1ccccc1. The first kappa shape index (κ1) is 19.4. The van der Waals surface area contributed by atoms with E-state index in [9.17, 15) is 13.8 Å². The predicted octanol–water partition coefficient (Wildman–Crippen LogP) is 3.94. The Labute approximate surface area is 167 Å². The molecule has 4 rings (SSSR count). The van der Waals surface area contributed by atoms with E-state index in [0.29, 0.717) is 23.6 Å². The maximum absolute atomic E-state index is 13.3. The van der Waals surface area contributed by atoms with Crippen molar-refractivity contribution in [1.82, 2.24) is 4.90 Å². The minimum atomic E-state index is -2.49. The highest BCUT2D eigenvalue weighted by Crippen LogP contribution is 2.33. The second-order valence-corrected chi connectivity index (χ2v) is 8.31. The first-order chi connectivity index (χ1) is 13.5. The highest BCUT2D eigenvalue weighted by Gasteiger charge is 2.33. The fourth-order valence-corrected chi connectivity index (χ4v) is 4.38. The van der Waals surface area contributed by atoms with Crippen LogP contribution < -0.4 is 10.1 Å². The number of nitrogens with zero attached hydrogens (tertiary/aromatic N) is 1. The normalized spacial score (nSPS) is 17.0. The van der Waals surface area contributed by atoms with Crippen LogP contribution in [-0.2, 0) is 6.42 Å². The van der Waals surface area contributed by atoms with E-state index in [1.54, 1.807) is 0 Å². The summed E-state index contributed by atoms with van der Waals surface area (Å²) in [5.74, 6) is -2.49.